The molecule has 0 spiro atoms. The lowest BCUT2D eigenvalue weighted by Crippen LogP contribution is -1.98. The van der Waals surface area contributed by atoms with Gasteiger partial charge >= 0.3 is 0 Å². The standard InChI is InChI=1S/C10H16Cl2N2S/c1-7(4-5-11)15-6-9-8(2)13-14(3)10(9)12/h7H,4-6H2,1-3H3. The zero-order chi connectivity index (χ0) is 11.4. The van der Waals surface area contributed by atoms with Gasteiger partial charge < -0.3 is 0 Å². The molecule has 1 atom stereocenters. The minimum Gasteiger partial charge on any atom is -0.257 e. The minimum absolute atomic E-state index is 0.568. The van der Waals surface area contributed by atoms with Crippen molar-refractivity contribution in [1.82, 2.24) is 9.78 Å². The summed E-state index contributed by atoms with van der Waals surface area (Å²) in [4.78, 5) is 0. The number of hydrogen-bond donors (Lipinski definition) is 0. The molecule has 0 N–H and O–H groups in total. The van der Waals surface area contributed by atoms with Crippen molar-refractivity contribution in [1.29, 1.82) is 0 Å². The van der Waals surface area contributed by atoms with Crippen LogP contribution in [-0.4, -0.2) is 20.9 Å². The van der Waals surface area contributed by atoms with Crippen molar-refractivity contribution < 1.29 is 0 Å². The van der Waals surface area contributed by atoms with Crippen LogP contribution < -0.4 is 0 Å². The van der Waals surface area contributed by atoms with Gasteiger partial charge in [-0.05, 0) is 13.3 Å². The third-order valence-corrected chi connectivity index (χ3v) is 4.25. The van der Waals surface area contributed by atoms with Crippen LogP contribution in [0.1, 0.15) is 24.6 Å². The van der Waals surface area contributed by atoms with Crippen LogP contribution in [-0.2, 0) is 12.8 Å². The summed E-state index contributed by atoms with van der Waals surface area (Å²) < 4.78 is 1.72. The van der Waals surface area contributed by atoms with Crippen LogP contribution in [0.15, 0.2) is 0 Å². The van der Waals surface area contributed by atoms with E-state index >= 15 is 0 Å². The van der Waals surface area contributed by atoms with Crippen LogP contribution in [0.5, 0.6) is 0 Å². The Morgan fingerprint density at radius 2 is 2.20 bits per heavy atom. The van der Waals surface area contributed by atoms with Crippen molar-refractivity contribution in [3.63, 3.8) is 0 Å². The molecule has 0 aliphatic carbocycles. The maximum Gasteiger partial charge on any atom is 0.131 e. The molecule has 1 rings (SSSR count). The second-order valence-corrected chi connectivity index (χ2v) is 5.74. The number of thioether (sulfide) groups is 1. The number of halogens is 2. The summed E-state index contributed by atoms with van der Waals surface area (Å²) in [5.41, 5.74) is 2.17. The fourth-order valence-electron chi connectivity index (χ4n) is 1.30. The molecule has 0 saturated carbocycles. The second-order valence-electron chi connectivity index (χ2n) is 3.58. The van der Waals surface area contributed by atoms with Crippen molar-refractivity contribution in [2.45, 2.75) is 31.3 Å². The normalized spacial score (nSPS) is 13.1. The van der Waals surface area contributed by atoms with Gasteiger partial charge in [0.1, 0.15) is 5.15 Å². The van der Waals surface area contributed by atoms with Crippen LogP contribution in [0.4, 0.5) is 0 Å². The lowest BCUT2D eigenvalue weighted by molar-refractivity contribution is 0.757. The zero-order valence-corrected chi connectivity index (χ0v) is 11.6. The monoisotopic (exact) mass is 266 g/mol. The van der Waals surface area contributed by atoms with E-state index in [2.05, 4.69) is 12.0 Å². The van der Waals surface area contributed by atoms with Gasteiger partial charge in [0.15, 0.2) is 0 Å². The van der Waals surface area contributed by atoms with Gasteiger partial charge in [0.25, 0.3) is 0 Å². The first-order valence-corrected chi connectivity index (χ1v) is 6.88. The maximum atomic E-state index is 6.14. The number of aryl methyl sites for hydroxylation is 2. The van der Waals surface area contributed by atoms with Crippen LogP contribution >= 0.6 is 35.0 Å². The molecule has 1 heterocycles. The average molecular weight is 267 g/mol. The van der Waals surface area contributed by atoms with Gasteiger partial charge in [-0.2, -0.15) is 16.9 Å². The number of aromatic nitrogens is 2. The van der Waals surface area contributed by atoms with E-state index in [9.17, 15) is 0 Å². The molecule has 0 fully saturated rings. The van der Waals surface area contributed by atoms with Crippen molar-refractivity contribution >= 4 is 35.0 Å². The quantitative estimate of drug-likeness (QED) is 0.758. The highest BCUT2D eigenvalue weighted by molar-refractivity contribution is 7.99. The third-order valence-electron chi connectivity index (χ3n) is 2.30. The van der Waals surface area contributed by atoms with Crippen molar-refractivity contribution in [3.05, 3.63) is 16.4 Å². The molecule has 0 aromatic carbocycles. The first-order chi connectivity index (χ1) is 7.06. The Labute approximate surface area is 105 Å². The van der Waals surface area contributed by atoms with E-state index in [0.717, 1.165) is 28.6 Å². The Hall–Kier alpha value is 0.140. The van der Waals surface area contributed by atoms with Crippen LogP contribution in [0.2, 0.25) is 5.15 Å². The predicted octanol–water partition coefficient (Wildman–Crippen LogP) is 3.63. The topological polar surface area (TPSA) is 17.8 Å². The Kier molecular flexibility index (Phi) is 5.30. The maximum absolute atomic E-state index is 6.14. The Morgan fingerprint density at radius 3 is 2.67 bits per heavy atom. The molecule has 0 aliphatic heterocycles. The van der Waals surface area contributed by atoms with Gasteiger partial charge in [0.2, 0.25) is 0 Å². The molecule has 2 nitrogen and oxygen atoms in total. The smallest absolute Gasteiger partial charge is 0.131 e. The fourth-order valence-corrected chi connectivity index (χ4v) is 3.16. The molecule has 0 aliphatic rings. The summed E-state index contributed by atoms with van der Waals surface area (Å²) in [6.45, 7) is 4.18. The van der Waals surface area contributed by atoms with E-state index in [-0.39, 0.29) is 0 Å². The van der Waals surface area contributed by atoms with E-state index in [1.807, 2.05) is 25.7 Å². The molecule has 1 aromatic heterocycles. The lowest BCUT2D eigenvalue weighted by Gasteiger charge is -2.08. The van der Waals surface area contributed by atoms with E-state index in [0.29, 0.717) is 11.1 Å². The lowest BCUT2D eigenvalue weighted by atomic mass is 10.3. The summed E-state index contributed by atoms with van der Waals surface area (Å²) in [6, 6.07) is 0. The van der Waals surface area contributed by atoms with Crippen molar-refractivity contribution in [2.75, 3.05) is 5.88 Å². The first kappa shape index (κ1) is 13.2. The summed E-state index contributed by atoms with van der Waals surface area (Å²) in [6.07, 6.45) is 1.03. The zero-order valence-electron chi connectivity index (χ0n) is 9.26. The summed E-state index contributed by atoms with van der Waals surface area (Å²) in [5.74, 6) is 1.63. The highest BCUT2D eigenvalue weighted by atomic mass is 35.5. The predicted molar refractivity (Wildman–Crippen MR) is 69.0 cm³/mol. The van der Waals surface area contributed by atoms with E-state index < -0.39 is 0 Å². The van der Waals surface area contributed by atoms with Gasteiger partial charge in [0, 0.05) is 29.5 Å². The Bertz CT molecular complexity index is 325. The van der Waals surface area contributed by atoms with Gasteiger partial charge in [-0.3, -0.25) is 4.68 Å². The number of nitrogens with zero attached hydrogens (tertiary/aromatic N) is 2. The number of hydrogen-bond acceptors (Lipinski definition) is 2. The molecule has 1 aromatic rings. The van der Waals surface area contributed by atoms with Gasteiger partial charge in [-0.25, -0.2) is 0 Å². The van der Waals surface area contributed by atoms with Crippen LogP contribution in [0.25, 0.3) is 0 Å². The largest absolute Gasteiger partial charge is 0.257 e. The summed E-state index contributed by atoms with van der Waals surface area (Å²) in [5, 5.41) is 5.60. The Balaban J connectivity index is 2.57. The fraction of sp³-hybridized carbons (Fsp3) is 0.700. The molecule has 5 heteroatoms. The molecule has 0 amide bonds. The van der Waals surface area contributed by atoms with E-state index in [1.165, 1.54) is 0 Å². The highest BCUT2D eigenvalue weighted by Crippen LogP contribution is 2.27. The molecular weight excluding hydrogens is 251 g/mol. The minimum atomic E-state index is 0.568. The highest BCUT2D eigenvalue weighted by Gasteiger charge is 2.12. The number of rotatable bonds is 5. The molecule has 0 bridgehead atoms. The SMILES string of the molecule is Cc1nn(C)c(Cl)c1CSC(C)CCCl. The summed E-state index contributed by atoms with van der Waals surface area (Å²) >= 11 is 13.7. The number of alkyl halides is 1. The molecule has 86 valence electrons. The first-order valence-electron chi connectivity index (χ1n) is 4.91. The van der Waals surface area contributed by atoms with Gasteiger partial charge in [-0.15, -0.1) is 11.6 Å². The van der Waals surface area contributed by atoms with Crippen LogP contribution in [0, 0.1) is 6.92 Å². The second kappa shape index (κ2) is 6.02. The van der Waals surface area contributed by atoms with E-state index in [4.69, 9.17) is 23.2 Å². The molecule has 0 radical (unpaired) electrons. The van der Waals surface area contributed by atoms with Crippen molar-refractivity contribution in [2.24, 2.45) is 7.05 Å². The average Bonchev–Trinajstić information content (AvgIpc) is 2.40. The molecule has 1 unspecified atom stereocenters. The molecular formula is C10H16Cl2N2S. The third kappa shape index (κ3) is 3.58. The van der Waals surface area contributed by atoms with Crippen LogP contribution in [0.3, 0.4) is 0 Å². The van der Waals surface area contributed by atoms with Crippen molar-refractivity contribution in [3.8, 4) is 0 Å². The van der Waals surface area contributed by atoms with E-state index in [1.54, 1.807) is 4.68 Å². The Morgan fingerprint density at radius 1 is 1.53 bits per heavy atom. The summed E-state index contributed by atoms with van der Waals surface area (Å²) in [7, 11) is 1.87. The van der Waals surface area contributed by atoms with Gasteiger partial charge in [-0.1, -0.05) is 18.5 Å². The van der Waals surface area contributed by atoms with Gasteiger partial charge in [0.05, 0.1) is 5.69 Å². The molecule has 0 saturated heterocycles. The molecule has 15 heavy (non-hydrogen) atoms.